The van der Waals surface area contributed by atoms with Gasteiger partial charge in [0, 0.05) is 32.7 Å². The molecule has 0 aromatic carbocycles. The van der Waals surface area contributed by atoms with Gasteiger partial charge < -0.3 is 4.90 Å². The number of halogens is 1. The quantitative estimate of drug-likeness (QED) is 0.661. The Morgan fingerprint density at radius 1 is 1.29 bits per heavy atom. The van der Waals surface area contributed by atoms with Crippen LogP contribution < -0.4 is 0 Å². The number of carbonyl (C=O) groups is 1. The molecule has 0 amide bonds. The fraction of sp³-hybridized carbons (Fsp3) is 0.900. The Morgan fingerprint density at radius 3 is 2.21 bits per heavy atom. The van der Waals surface area contributed by atoms with Crippen LogP contribution in [0.5, 0.6) is 0 Å². The molecule has 0 saturated carbocycles. The summed E-state index contributed by atoms with van der Waals surface area (Å²) in [5, 5.41) is -0.239. The number of hydrogen-bond donors (Lipinski definition) is 0. The number of nitrogens with zero attached hydrogens (tertiary/aromatic N) is 2. The minimum atomic E-state index is -0.419. The maximum atomic E-state index is 11.1. The highest BCUT2D eigenvalue weighted by Gasteiger charge is 2.29. The molecule has 0 unspecified atom stereocenters. The molecule has 0 aliphatic carbocycles. The van der Waals surface area contributed by atoms with Crippen LogP contribution in [0.3, 0.4) is 0 Å². The first-order valence-electron chi connectivity index (χ1n) is 5.03. The van der Waals surface area contributed by atoms with Crippen LogP contribution >= 0.6 is 11.6 Å². The Labute approximate surface area is 91.0 Å². The third-order valence-corrected chi connectivity index (χ3v) is 3.26. The molecular weight excluding hydrogens is 200 g/mol. The molecule has 0 aromatic heterocycles. The van der Waals surface area contributed by atoms with E-state index in [1.807, 2.05) is 13.8 Å². The third-order valence-electron chi connectivity index (χ3n) is 2.75. The average molecular weight is 219 g/mol. The van der Waals surface area contributed by atoms with Crippen LogP contribution in [0.1, 0.15) is 13.8 Å². The van der Waals surface area contributed by atoms with E-state index < -0.39 is 5.41 Å². The lowest BCUT2D eigenvalue weighted by Gasteiger charge is -2.36. The van der Waals surface area contributed by atoms with Crippen LogP contribution in [0.15, 0.2) is 0 Å². The Kier molecular flexibility index (Phi) is 3.93. The van der Waals surface area contributed by atoms with Gasteiger partial charge in [-0.3, -0.25) is 9.69 Å². The zero-order valence-corrected chi connectivity index (χ0v) is 9.97. The second-order valence-corrected chi connectivity index (χ2v) is 5.08. The smallest absolute Gasteiger partial charge is 0.228 e. The number of hydrogen-bond acceptors (Lipinski definition) is 3. The van der Waals surface area contributed by atoms with Gasteiger partial charge in [-0.05, 0) is 18.6 Å². The second kappa shape index (κ2) is 4.60. The Hall–Kier alpha value is -0.120. The third kappa shape index (κ3) is 3.23. The van der Waals surface area contributed by atoms with E-state index in [9.17, 15) is 4.79 Å². The van der Waals surface area contributed by atoms with Crippen molar-refractivity contribution in [3.8, 4) is 0 Å². The topological polar surface area (TPSA) is 23.6 Å². The predicted molar refractivity (Wildman–Crippen MR) is 58.6 cm³/mol. The van der Waals surface area contributed by atoms with Crippen molar-refractivity contribution in [3.05, 3.63) is 0 Å². The van der Waals surface area contributed by atoms with E-state index in [1.54, 1.807) is 0 Å². The lowest BCUT2D eigenvalue weighted by atomic mass is 9.94. The molecule has 14 heavy (non-hydrogen) atoms. The molecule has 0 atom stereocenters. The Bertz CT molecular complexity index is 210. The molecule has 4 heteroatoms. The molecule has 1 rings (SSSR count). The summed E-state index contributed by atoms with van der Waals surface area (Å²) in [6.07, 6.45) is 0. The van der Waals surface area contributed by atoms with Crippen molar-refractivity contribution in [2.24, 2.45) is 5.41 Å². The van der Waals surface area contributed by atoms with Gasteiger partial charge in [-0.25, -0.2) is 0 Å². The summed E-state index contributed by atoms with van der Waals surface area (Å²) in [5.41, 5.74) is -0.419. The number of likely N-dealkylation sites (N-methyl/N-ethyl adjacent to an activating group) is 1. The summed E-state index contributed by atoms with van der Waals surface area (Å²) in [5.74, 6) is 0. The largest absolute Gasteiger partial charge is 0.304 e. The molecule has 0 spiro atoms. The van der Waals surface area contributed by atoms with E-state index in [0.29, 0.717) is 0 Å². The van der Waals surface area contributed by atoms with Crippen LogP contribution in [0, 0.1) is 5.41 Å². The highest BCUT2D eigenvalue weighted by atomic mass is 35.5. The average Bonchev–Trinajstić information content (AvgIpc) is 2.08. The molecule has 0 N–H and O–H groups in total. The summed E-state index contributed by atoms with van der Waals surface area (Å²) in [7, 11) is 2.12. The van der Waals surface area contributed by atoms with Crippen molar-refractivity contribution in [2.45, 2.75) is 13.8 Å². The van der Waals surface area contributed by atoms with Crippen molar-refractivity contribution in [1.29, 1.82) is 0 Å². The maximum absolute atomic E-state index is 11.1. The van der Waals surface area contributed by atoms with Crippen LogP contribution in [0.2, 0.25) is 0 Å². The van der Waals surface area contributed by atoms with Crippen molar-refractivity contribution in [1.82, 2.24) is 9.80 Å². The summed E-state index contributed by atoms with van der Waals surface area (Å²) in [6, 6.07) is 0. The van der Waals surface area contributed by atoms with E-state index in [-0.39, 0.29) is 5.24 Å². The van der Waals surface area contributed by atoms with Crippen LogP contribution in [-0.2, 0) is 4.79 Å². The molecule has 0 bridgehead atoms. The van der Waals surface area contributed by atoms with Crippen molar-refractivity contribution >= 4 is 16.8 Å². The van der Waals surface area contributed by atoms with Gasteiger partial charge in [0.25, 0.3) is 0 Å². The summed E-state index contributed by atoms with van der Waals surface area (Å²) in [4.78, 5) is 15.7. The normalized spacial score (nSPS) is 21.1. The van der Waals surface area contributed by atoms with Crippen LogP contribution in [0.4, 0.5) is 0 Å². The van der Waals surface area contributed by atoms with E-state index in [1.165, 1.54) is 0 Å². The SMILES string of the molecule is CN1CCN(CC(C)(C)C(=O)Cl)CC1. The zero-order valence-electron chi connectivity index (χ0n) is 9.22. The molecule has 1 heterocycles. The van der Waals surface area contributed by atoms with Gasteiger partial charge >= 0.3 is 0 Å². The zero-order chi connectivity index (χ0) is 10.8. The lowest BCUT2D eigenvalue weighted by molar-refractivity contribution is -0.120. The predicted octanol–water partition coefficient (Wildman–Crippen LogP) is 1.03. The number of carbonyl (C=O) groups excluding carboxylic acids is 1. The Balaban J connectivity index is 2.41. The van der Waals surface area contributed by atoms with E-state index in [4.69, 9.17) is 11.6 Å². The van der Waals surface area contributed by atoms with Gasteiger partial charge in [0.15, 0.2) is 0 Å². The van der Waals surface area contributed by atoms with Crippen molar-refractivity contribution in [2.75, 3.05) is 39.8 Å². The fourth-order valence-electron chi connectivity index (χ4n) is 1.63. The first kappa shape index (κ1) is 12.0. The molecule has 0 radical (unpaired) electrons. The second-order valence-electron chi connectivity index (χ2n) is 4.74. The minimum absolute atomic E-state index is 0.239. The molecule has 3 nitrogen and oxygen atoms in total. The van der Waals surface area contributed by atoms with E-state index in [0.717, 1.165) is 32.7 Å². The first-order chi connectivity index (χ1) is 6.42. The first-order valence-corrected chi connectivity index (χ1v) is 5.40. The van der Waals surface area contributed by atoms with Gasteiger partial charge in [-0.2, -0.15) is 0 Å². The summed E-state index contributed by atoms with van der Waals surface area (Å²) < 4.78 is 0. The van der Waals surface area contributed by atoms with Crippen LogP contribution in [0.25, 0.3) is 0 Å². The molecule has 1 aliphatic heterocycles. The molecule has 1 aliphatic rings. The lowest BCUT2D eigenvalue weighted by Crippen LogP contribution is -2.48. The number of piperazine rings is 1. The van der Waals surface area contributed by atoms with E-state index in [2.05, 4.69) is 16.8 Å². The highest BCUT2D eigenvalue weighted by Crippen LogP contribution is 2.21. The number of rotatable bonds is 3. The summed E-state index contributed by atoms with van der Waals surface area (Å²) in [6.45, 7) is 8.79. The van der Waals surface area contributed by atoms with Gasteiger partial charge in [-0.1, -0.05) is 13.8 Å². The fourth-order valence-corrected chi connectivity index (χ4v) is 1.69. The summed E-state index contributed by atoms with van der Waals surface area (Å²) >= 11 is 5.54. The standard InChI is InChI=1S/C10H19ClN2O/c1-10(2,9(11)14)8-13-6-4-12(3)5-7-13/h4-8H2,1-3H3. The molecule has 82 valence electrons. The van der Waals surface area contributed by atoms with Gasteiger partial charge in [-0.15, -0.1) is 0 Å². The van der Waals surface area contributed by atoms with Crippen molar-refractivity contribution < 1.29 is 4.79 Å². The minimum Gasteiger partial charge on any atom is -0.304 e. The molecule has 1 fully saturated rings. The Morgan fingerprint density at radius 2 is 1.79 bits per heavy atom. The highest BCUT2D eigenvalue weighted by molar-refractivity contribution is 6.64. The molecule has 1 saturated heterocycles. The van der Waals surface area contributed by atoms with E-state index >= 15 is 0 Å². The van der Waals surface area contributed by atoms with Gasteiger partial charge in [0.1, 0.15) is 0 Å². The van der Waals surface area contributed by atoms with Gasteiger partial charge in [0.2, 0.25) is 5.24 Å². The molecular formula is C10H19ClN2O. The van der Waals surface area contributed by atoms with Crippen molar-refractivity contribution in [3.63, 3.8) is 0 Å². The monoisotopic (exact) mass is 218 g/mol. The van der Waals surface area contributed by atoms with Crippen LogP contribution in [-0.4, -0.2) is 54.8 Å². The maximum Gasteiger partial charge on any atom is 0.228 e. The van der Waals surface area contributed by atoms with Gasteiger partial charge in [0.05, 0.1) is 5.41 Å². The molecule has 0 aromatic rings.